The van der Waals surface area contributed by atoms with Crippen molar-refractivity contribution in [3.8, 4) is 0 Å². The number of carbonyl (C=O) groups is 1. The highest BCUT2D eigenvalue weighted by Gasteiger charge is 2.46. The fourth-order valence-corrected chi connectivity index (χ4v) is 4.19. The van der Waals surface area contributed by atoms with Gasteiger partial charge in [-0.05, 0) is 31.7 Å². The van der Waals surface area contributed by atoms with Gasteiger partial charge in [0, 0.05) is 50.5 Å². The van der Waals surface area contributed by atoms with Crippen LogP contribution < -0.4 is 10.2 Å². The second-order valence-corrected chi connectivity index (χ2v) is 7.58. The molecule has 2 saturated heterocycles. The molecule has 1 aliphatic carbocycles. The molecular weight excluding hydrogens is 330 g/mol. The summed E-state index contributed by atoms with van der Waals surface area (Å²) in [7, 11) is 1.88. The molecule has 3 aliphatic rings. The first-order valence-corrected chi connectivity index (χ1v) is 9.33. The van der Waals surface area contributed by atoms with Crippen molar-refractivity contribution in [3.63, 3.8) is 0 Å². The van der Waals surface area contributed by atoms with Gasteiger partial charge in [-0.15, -0.1) is 0 Å². The van der Waals surface area contributed by atoms with Crippen LogP contribution in [0.4, 0.5) is 17.5 Å². The zero-order valence-electron chi connectivity index (χ0n) is 14.9. The third kappa shape index (κ3) is 2.79. The SMILES string of the molecule is Cn1cc(Nc2nccc(N3CC4CC[C@@H](C3)N4C(=O)C3CC3)n2)cn1. The lowest BCUT2D eigenvalue weighted by Crippen LogP contribution is -2.56. The smallest absolute Gasteiger partial charge is 0.229 e. The molecule has 2 aromatic heterocycles. The number of rotatable bonds is 4. The second kappa shape index (κ2) is 5.96. The predicted octanol–water partition coefficient (Wildman–Crippen LogP) is 1.54. The fraction of sp³-hybridized carbons (Fsp3) is 0.556. The summed E-state index contributed by atoms with van der Waals surface area (Å²) in [6.45, 7) is 1.72. The molecule has 4 heterocycles. The van der Waals surface area contributed by atoms with E-state index in [0.29, 0.717) is 29.9 Å². The van der Waals surface area contributed by atoms with E-state index in [1.54, 1.807) is 17.1 Å². The van der Waals surface area contributed by atoms with Gasteiger partial charge in [0.25, 0.3) is 0 Å². The number of piperazine rings is 1. The van der Waals surface area contributed by atoms with Crippen LogP contribution in [0, 0.1) is 5.92 Å². The third-order valence-corrected chi connectivity index (χ3v) is 5.59. The van der Waals surface area contributed by atoms with Crippen LogP contribution in [0.1, 0.15) is 25.7 Å². The zero-order chi connectivity index (χ0) is 17.7. The predicted molar refractivity (Wildman–Crippen MR) is 97.1 cm³/mol. The molecule has 1 unspecified atom stereocenters. The Morgan fingerprint density at radius 2 is 1.96 bits per heavy atom. The monoisotopic (exact) mass is 353 g/mol. The summed E-state index contributed by atoms with van der Waals surface area (Å²) in [6, 6.07) is 2.60. The first kappa shape index (κ1) is 15.6. The number of fused-ring (bicyclic) bond motifs is 2. The number of anilines is 3. The standard InChI is InChI=1S/C18H23N7O/c1-23-9-13(8-20-23)21-18-19-7-6-16(22-18)24-10-14-4-5-15(11-24)25(14)17(26)12-2-3-12/h6-9,12,14-15H,2-5,10-11H2,1H3,(H,19,21,22)/t14-,15?/m0/s1. The number of hydrogen-bond donors (Lipinski definition) is 1. The number of aromatic nitrogens is 4. The fourth-order valence-electron chi connectivity index (χ4n) is 4.19. The molecule has 1 saturated carbocycles. The maximum absolute atomic E-state index is 12.6. The van der Waals surface area contributed by atoms with Gasteiger partial charge in [0.05, 0.1) is 11.9 Å². The summed E-state index contributed by atoms with van der Waals surface area (Å²) in [5.74, 6) is 2.18. The van der Waals surface area contributed by atoms with Gasteiger partial charge in [-0.25, -0.2) is 4.98 Å². The Morgan fingerprint density at radius 1 is 1.19 bits per heavy atom. The summed E-state index contributed by atoms with van der Waals surface area (Å²) in [5, 5.41) is 7.34. The molecule has 26 heavy (non-hydrogen) atoms. The first-order chi connectivity index (χ1) is 12.7. The first-order valence-electron chi connectivity index (χ1n) is 9.33. The Morgan fingerprint density at radius 3 is 2.62 bits per heavy atom. The number of carbonyl (C=O) groups excluding carboxylic acids is 1. The largest absolute Gasteiger partial charge is 0.352 e. The average molecular weight is 353 g/mol. The molecular formula is C18H23N7O. The van der Waals surface area contributed by atoms with Crippen molar-refractivity contribution in [1.29, 1.82) is 0 Å². The van der Waals surface area contributed by atoms with E-state index in [9.17, 15) is 4.79 Å². The Bertz CT molecular complexity index is 816. The van der Waals surface area contributed by atoms with Crippen molar-refractivity contribution < 1.29 is 4.79 Å². The number of hydrogen-bond acceptors (Lipinski definition) is 6. The van der Waals surface area contributed by atoms with Crippen LogP contribution in [0.5, 0.6) is 0 Å². The molecule has 8 heteroatoms. The molecule has 1 N–H and O–H groups in total. The molecule has 3 fully saturated rings. The summed E-state index contributed by atoms with van der Waals surface area (Å²) in [5.41, 5.74) is 0.865. The Hall–Kier alpha value is -2.64. The summed E-state index contributed by atoms with van der Waals surface area (Å²) >= 11 is 0. The number of amides is 1. The second-order valence-electron chi connectivity index (χ2n) is 7.58. The Labute approximate surface area is 152 Å². The van der Waals surface area contributed by atoms with E-state index in [-0.39, 0.29) is 0 Å². The van der Waals surface area contributed by atoms with Crippen LogP contribution in [0.2, 0.25) is 0 Å². The van der Waals surface area contributed by atoms with Gasteiger partial charge in [0.15, 0.2) is 0 Å². The third-order valence-electron chi connectivity index (χ3n) is 5.59. The van der Waals surface area contributed by atoms with E-state index in [2.05, 4.69) is 30.2 Å². The maximum atomic E-state index is 12.6. The van der Waals surface area contributed by atoms with Crippen molar-refractivity contribution in [3.05, 3.63) is 24.7 Å². The van der Waals surface area contributed by atoms with Crippen molar-refractivity contribution >= 4 is 23.4 Å². The highest BCUT2D eigenvalue weighted by molar-refractivity contribution is 5.82. The minimum Gasteiger partial charge on any atom is -0.352 e. The van der Waals surface area contributed by atoms with Gasteiger partial charge in [0.2, 0.25) is 11.9 Å². The van der Waals surface area contributed by atoms with E-state index >= 15 is 0 Å². The van der Waals surface area contributed by atoms with Crippen LogP contribution in [0.3, 0.4) is 0 Å². The van der Waals surface area contributed by atoms with Gasteiger partial charge in [0.1, 0.15) is 5.82 Å². The summed E-state index contributed by atoms with van der Waals surface area (Å²) in [4.78, 5) is 26.1. The average Bonchev–Trinajstić information content (AvgIpc) is 3.36. The lowest BCUT2D eigenvalue weighted by atomic mass is 10.1. The molecule has 0 aromatic carbocycles. The van der Waals surface area contributed by atoms with E-state index in [1.807, 2.05) is 19.3 Å². The molecule has 136 valence electrons. The van der Waals surface area contributed by atoms with Crippen LogP contribution in [-0.2, 0) is 11.8 Å². The lowest BCUT2D eigenvalue weighted by Gasteiger charge is -2.41. The number of aryl methyl sites for hydroxylation is 1. The molecule has 8 nitrogen and oxygen atoms in total. The minimum absolute atomic E-state index is 0.305. The van der Waals surface area contributed by atoms with Gasteiger partial charge in [-0.1, -0.05) is 0 Å². The van der Waals surface area contributed by atoms with E-state index in [1.165, 1.54) is 0 Å². The zero-order valence-corrected chi connectivity index (χ0v) is 14.9. The van der Waals surface area contributed by atoms with Crippen molar-refractivity contribution in [1.82, 2.24) is 24.6 Å². The van der Waals surface area contributed by atoms with Gasteiger partial charge < -0.3 is 15.1 Å². The molecule has 2 bridgehead atoms. The molecule has 2 aromatic rings. The summed E-state index contributed by atoms with van der Waals surface area (Å²) in [6.07, 6.45) is 9.78. The molecule has 2 atom stereocenters. The van der Waals surface area contributed by atoms with E-state index < -0.39 is 0 Å². The minimum atomic E-state index is 0.305. The molecule has 0 radical (unpaired) electrons. The normalized spacial score (nSPS) is 24.8. The number of nitrogens with zero attached hydrogens (tertiary/aromatic N) is 6. The van der Waals surface area contributed by atoms with Gasteiger partial charge in [-0.2, -0.15) is 10.1 Å². The van der Waals surface area contributed by atoms with Gasteiger partial charge in [-0.3, -0.25) is 9.48 Å². The Kier molecular flexibility index (Phi) is 3.58. The van der Waals surface area contributed by atoms with Crippen LogP contribution in [0.15, 0.2) is 24.7 Å². The maximum Gasteiger partial charge on any atom is 0.229 e. The van der Waals surface area contributed by atoms with Crippen molar-refractivity contribution in [2.75, 3.05) is 23.3 Å². The Balaban J connectivity index is 1.32. The molecule has 1 amide bonds. The van der Waals surface area contributed by atoms with Crippen LogP contribution >= 0.6 is 0 Å². The molecule has 5 rings (SSSR count). The number of nitrogens with one attached hydrogen (secondary N) is 1. The highest BCUT2D eigenvalue weighted by Crippen LogP contribution is 2.38. The van der Waals surface area contributed by atoms with Gasteiger partial charge >= 0.3 is 0 Å². The van der Waals surface area contributed by atoms with Crippen LogP contribution in [-0.4, -0.2) is 55.7 Å². The summed E-state index contributed by atoms with van der Waals surface area (Å²) < 4.78 is 1.74. The lowest BCUT2D eigenvalue weighted by molar-refractivity contribution is -0.135. The van der Waals surface area contributed by atoms with E-state index in [4.69, 9.17) is 0 Å². The van der Waals surface area contributed by atoms with Crippen molar-refractivity contribution in [2.45, 2.75) is 37.8 Å². The molecule has 0 spiro atoms. The molecule has 2 aliphatic heterocycles. The highest BCUT2D eigenvalue weighted by atomic mass is 16.2. The topological polar surface area (TPSA) is 79.2 Å². The van der Waals surface area contributed by atoms with Crippen LogP contribution in [0.25, 0.3) is 0 Å². The quantitative estimate of drug-likeness (QED) is 0.898. The van der Waals surface area contributed by atoms with Crippen molar-refractivity contribution in [2.24, 2.45) is 13.0 Å². The van der Waals surface area contributed by atoms with E-state index in [0.717, 1.165) is 50.3 Å².